The molecule has 20 heavy (non-hydrogen) atoms. The van der Waals surface area contributed by atoms with E-state index in [9.17, 15) is 0 Å². The van der Waals surface area contributed by atoms with E-state index < -0.39 is 0 Å². The monoisotopic (exact) mass is 274 g/mol. The highest BCUT2D eigenvalue weighted by atomic mass is 15.3. The van der Waals surface area contributed by atoms with Crippen LogP contribution in [-0.4, -0.2) is 49.2 Å². The summed E-state index contributed by atoms with van der Waals surface area (Å²) in [5, 5.41) is 3.26. The topological polar surface area (TPSA) is 31.4 Å². The number of aryl methyl sites for hydroxylation is 1. The molecule has 0 bridgehead atoms. The molecule has 0 spiro atoms. The van der Waals surface area contributed by atoms with Crippen LogP contribution >= 0.6 is 0 Å². The zero-order valence-corrected chi connectivity index (χ0v) is 12.7. The molecule has 4 heteroatoms. The van der Waals surface area contributed by atoms with Gasteiger partial charge in [-0.25, -0.2) is 0 Å². The summed E-state index contributed by atoms with van der Waals surface area (Å²) in [6.45, 7) is 7.95. The molecule has 1 atom stereocenters. The molecule has 1 unspecified atom stereocenters. The molecule has 0 aromatic carbocycles. The number of rotatable bonds is 4. The van der Waals surface area contributed by atoms with Gasteiger partial charge in [-0.1, -0.05) is 0 Å². The normalized spacial score (nSPS) is 23.7. The number of nitrogens with zero attached hydrogens (tertiary/aromatic N) is 3. The summed E-state index contributed by atoms with van der Waals surface area (Å²) in [7, 11) is 2.00. The van der Waals surface area contributed by atoms with Crippen molar-refractivity contribution in [1.29, 1.82) is 0 Å². The van der Waals surface area contributed by atoms with Crippen LogP contribution in [0.5, 0.6) is 0 Å². The molecule has 1 aromatic rings. The number of likely N-dealkylation sites (tertiary alicyclic amines) is 1. The molecule has 0 amide bonds. The molecule has 3 heterocycles. The van der Waals surface area contributed by atoms with Gasteiger partial charge in [0, 0.05) is 48.8 Å². The van der Waals surface area contributed by atoms with Crippen molar-refractivity contribution < 1.29 is 0 Å². The van der Waals surface area contributed by atoms with Crippen LogP contribution in [0.3, 0.4) is 0 Å². The predicted octanol–water partition coefficient (Wildman–Crippen LogP) is 1.78. The lowest BCUT2D eigenvalue weighted by atomic mass is 10.2. The van der Waals surface area contributed by atoms with E-state index in [1.807, 2.05) is 13.2 Å². The summed E-state index contributed by atoms with van der Waals surface area (Å²) in [4.78, 5) is 9.70. The molecule has 1 N–H and O–H groups in total. The molecule has 0 radical (unpaired) electrons. The van der Waals surface area contributed by atoms with E-state index in [1.165, 1.54) is 56.7 Å². The molecule has 2 fully saturated rings. The van der Waals surface area contributed by atoms with Crippen molar-refractivity contribution in [2.24, 2.45) is 0 Å². The van der Waals surface area contributed by atoms with Crippen LogP contribution in [0.4, 0.5) is 5.69 Å². The molecule has 2 saturated heterocycles. The second-order valence-electron chi connectivity index (χ2n) is 6.12. The summed E-state index contributed by atoms with van der Waals surface area (Å²) in [6.07, 6.45) is 6.11. The second kappa shape index (κ2) is 6.10. The fourth-order valence-corrected chi connectivity index (χ4v) is 3.56. The van der Waals surface area contributed by atoms with Crippen LogP contribution in [0, 0.1) is 6.92 Å². The van der Waals surface area contributed by atoms with Crippen LogP contribution in [-0.2, 0) is 6.54 Å². The Labute approximate surface area is 122 Å². The molecular weight excluding hydrogens is 248 g/mol. The van der Waals surface area contributed by atoms with Crippen molar-refractivity contribution in [3.05, 3.63) is 23.5 Å². The third kappa shape index (κ3) is 2.81. The van der Waals surface area contributed by atoms with Gasteiger partial charge in [0.1, 0.15) is 0 Å². The van der Waals surface area contributed by atoms with Crippen molar-refractivity contribution in [1.82, 2.24) is 15.2 Å². The van der Waals surface area contributed by atoms with E-state index in [-0.39, 0.29) is 0 Å². The highest BCUT2D eigenvalue weighted by Crippen LogP contribution is 2.28. The average molecular weight is 274 g/mol. The maximum absolute atomic E-state index is 4.45. The number of aromatic nitrogens is 1. The highest BCUT2D eigenvalue weighted by molar-refractivity contribution is 5.54. The Hall–Kier alpha value is -1.13. The minimum Gasteiger partial charge on any atom is -0.370 e. The first-order valence-corrected chi connectivity index (χ1v) is 7.87. The van der Waals surface area contributed by atoms with E-state index in [2.05, 4.69) is 33.1 Å². The summed E-state index contributed by atoms with van der Waals surface area (Å²) in [5.41, 5.74) is 3.82. The minimum absolute atomic E-state index is 0.758. The van der Waals surface area contributed by atoms with E-state index >= 15 is 0 Å². The maximum Gasteiger partial charge on any atom is 0.0446 e. The zero-order chi connectivity index (χ0) is 13.9. The van der Waals surface area contributed by atoms with Gasteiger partial charge >= 0.3 is 0 Å². The minimum atomic E-state index is 0.758. The number of nitrogens with one attached hydrogen (secondary N) is 1. The molecule has 2 aliphatic rings. The van der Waals surface area contributed by atoms with Crippen LogP contribution in [0.15, 0.2) is 12.3 Å². The Balaban J connectivity index is 1.74. The van der Waals surface area contributed by atoms with Crippen molar-refractivity contribution in [2.45, 2.75) is 38.8 Å². The first-order valence-electron chi connectivity index (χ1n) is 7.87. The van der Waals surface area contributed by atoms with Gasteiger partial charge in [0.15, 0.2) is 0 Å². The Morgan fingerprint density at radius 2 is 2.10 bits per heavy atom. The molecule has 3 rings (SSSR count). The number of anilines is 1. The Kier molecular flexibility index (Phi) is 4.22. The van der Waals surface area contributed by atoms with Gasteiger partial charge < -0.3 is 10.2 Å². The first-order chi connectivity index (χ1) is 9.78. The lowest BCUT2D eigenvalue weighted by molar-refractivity contribution is 0.260. The fraction of sp³-hybridized carbons (Fsp3) is 0.688. The van der Waals surface area contributed by atoms with Gasteiger partial charge in [-0.15, -0.1) is 0 Å². The van der Waals surface area contributed by atoms with E-state index in [4.69, 9.17) is 0 Å². The van der Waals surface area contributed by atoms with E-state index in [1.54, 1.807) is 0 Å². The van der Waals surface area contributed by atoms with Crippen molar-refractivity contribution in [3.63, 3.8) is 0 Å². The summed E-state index contributed by atoms with van der Waals surface area (Å²) in [5.74, 6) is 0. The summed E-state index contributed by atoms with van der Waals surface area (Å²) < 4.78 is 0. The van der Waals surface area contributed by atoms with E-state index in [0.717, 1.165) is 18.3 Å². The molecule has 4 nitrogen and oxygen atoms in total. The number of pyridine rings is 1. The van der Waals surface area contributed by atoms with Gasteiger partial charge in [-0.05, 0) is 52.4 Å². The van der Waals surface area contributed by atoms with Gasteiger partial charge in [0.25, 0.3) is 0 Å². The largest absolute Gasteiger partial charge is 0.370 e. The van der Waals surface area contributed by atoms with Crippen LogP contribution in [0.1, 0.15) is 30.5 Å². The maximum atomic E-state index is 4.45. The van der Waals surface area contributed by atoms with Gasteiger partial charge in [0.05, 0.1) is 0 Å². The highest BCUT2D eigenvalue weighted by Gasteiger charge is 2.30. The second-order valence-corrected chi connectivity index (χ2v) is 6.12. The summed E-state index contributed by atoms with van der Waals surface area (Å²) >= 11 is 0. The smallest absolute Gasteiger partial charge is 0.0446 e. The van der Waals surface area contributed by atoms with Crippen LogP contribution < -0.4 is 10.2 Å². The van der Waals surface area contributed by atoms with Crippen molar-refractivity contribution >= 4 is 5.69 Å². The average Bonchev–Trinajstić information content (AvgIpc) is 3.11. The third-order valence-corrected chi connectivity index (χ3v) is 4.63. The number of hydrogen-bond acceptors (Lipinski definition) is 4. The predicted molar refractivity (Wildman–Crippen MR) is 83.2 cm³/mol. The summed E-state index contributed by atoms with van der Waals surface area (Å²) in [6, 6.07) is 3.01. The lowest BCUT2D eigenvalue weighted by Gasteiger charge is -2.26. The van der Waals surface area contributed by atoms with E-state index in [0.29, 0.717) is 0 Å². The van der Waals surface area contributed by atoms with Gasteiger partial charge in [-0.3, -0.25) is 9.88 Å². The van der Waals surface area contributed by atoms with Crippen molar-refractivity contribution in [3.8, 4) is 0 Å². The van der Waals surface area contributed by atoms with Gasteiger partial charge in [-0.2, -0.15) is 0 Å². The SMILES string of the molecule is CNCc1cnc(C)cc1N1CCC(N2CCCC2)C1. The van der Waals surface area contributed by atoms with Gasteiger partial charge in [0.2, 0.25) is 0 Å². The standard InChI is InChI=1S/C16H26N4/c1-13-9-16(14(10-17-2)11-18-13)20-8-5-15(12-20)19-6-3-4-7-19/h9,11,15,17H,3-8,10,12H2,1-2H3. The van der Waals surface area contributed by atoms with Crippen molar-refractivity contribution in [2.75, 3.05) is 38.1 Å². The first kappa shape index (κ1) is 13.8. The lowest BCUT2D eigenvalue weighted by Crippen LogP contribution is -2.35. The molecule has 2 aliphatic heterocycles. The molecular formula is C16H26N4. The Bertz CT molecular complexity index is 454. The fourth-order valence-electron chi connectivity index (χ4n) is 3.56. The Morgan fingerprint density at radius 3 is 2.85 bits per heavy atom. The quantitative estimate of drug-likeness (QED) is 0.907. The molecule has 110 valence electrons. The Morgan fingerprint density at radius 1 is 1.30 bits per heavy atom. The van der Waals surface area contributed by atoms with Crippen LogP contribution in [0.2, 0.25) is 0 Å². The number of hydrogen-bond donors (Lipinski definition) is 1. The molecule has 0 saturated carbocycles. The molecule has 0 aliphatic carbocycles. The zero-order valence-electron chi connectivity index (χ0n) is 12.7. The third-order valence-electron chi connectivity index (χ3n) is 4.63. The van der Waals surface area contributed by atoms with Crippen LogP contribution in [0.25, 0.3) is 0 Å². The molecule has 1 aromatic heterocycles.